The molecule has 2 aliphatic rings. The summed E-state index contributed by atoms with van der Waals surface area (Å²) in [6, 6.07) is 7.02. The molecule has 0 radical (unpaired) electrons. The molecule has 3 rings (SSSR count). The van der Waals surface area contributed by atoms with Crippen LogP contribution in [0.25, 0.3) is 0 Å². The van der Waals surface area contributed by atoms with E-state index in [1.165, 1.54) is 4.90 Å². The van der Waals surface area contributed by atoms with E-state index in [1.807, 2.05) is 24.3 Å². The topological polar surface area (TPSA) is 66.8 Å². The van der Waals surface area contributed by atoms with Crippen LogP contribution in [0.1, 0.15) is 24.8 Å². The Morgan fingerprint density at radius 3 is 2.86 bits per heavy atom. The summed E-state index contributed by atoms with van der Waals surface area (Å²) >= 11 is 0. The molecule has 0 saturated carbocycles. The summed E-state index contributed by atoms with van der Waals surface area (Å²) in [5.74, 6) is -0.438. The van der Waals surface area contributed by atoms with Gasteiger partial charge in [-0.15, -0.1) is 0 Å². The van der Waals surface area contributed by atoms with Crippen LogP contribution in [0.15, 0.2) is 24.3 Å². The van der Waals surface area contributed by atoms with Gasteiger partial charge in [-0.2, -0.15) is 0 Å². The first kappa shape index (κ1) is 13.9. The first-order valence-electron chi connectivity index (χ1n) is 7.41. The van der Waals surface area contributed by atoms with E-state index >= 15 is 0 Å². The van der Waals surface area contributed by atoms with Gasteiger partial charge in [-0.05, 0) is 37.3 Å². The SMILES string of the molecule is O=C(O)[C@@H]1CCCCN1C(=O)C1COc2ccccc2C1. The Kier molecular flexibility index (Phi) is 3.82. The quantitative estimate of drug-likeness (QED) is 0.900. The van der Waals surface area contributed by atoms with Gasteiger partial charge < -0.3 is 14.7 Å². The lowest BCUT2D eigenvalue weighted by Crippen LogP contribution is -2.51. The zero-order chi connectivity index (χ0) is 14.8. The summed E-state index contributed by atoms with van der Waals surface area (Å²) in [7, 11) is 0. The number of likely N-dealkylation sites (tertiary alicyclic amines) is 1. The van der Waals surface area contributed by atoms with Crippen molar-refractivity contribution >= 4 is 11.9 Å². The minimum atomic E-state index is -0.903. The number of rotatable bonds is 2. The molecule has 1 saturated heterocycles. The highest BCUT2D eigenvalue weighted by molar-refractivity contribution is 5.85. The van der Waals surface area contributed by atoms with Crippen LogP contribution in [-0.2, 0) is 16.0 Å². The normalized spacial score (nSPS) is 24.9. The monoisotopic (exact) mass is 289 g/mol. The van der Waals surface area contributed by atoms with Crippen molar-refractivity contribution in [2.75, 3.05) is 13.2 Å². The van der Waals surface area contributed by atoms with Gasteiger partial charge in [0, 0.05) is 6.54 Å². The van der Waals surface area contributed by atoms with Crippen LogP contribution < -0.4 is 4.74 Å². The number of hydrogen-bond donors (Lipinski definition) is 1. The second-order valence-corrected chi connectivity index (χ2v) is 5.70. The lowest BCUT2D eigenvalue weighted by molar-refractivity contribution is -0.154. The van der Waals surface area contributed by atoms with Crippen molar-refractivity contribution in [2.24, 2.45) is 5.92 Å². The largest absolute Gasteiger partial charge is 0.492 e. The van der Waals surface area contributed by atoms with Gasteiger partial charge in [0.25, 0.3) is 0 Å². The first-order valence-corrected chi connectivity index (χ1v) is 7.41. The molecule has 0 bridgehead atoms. The summed E-state index contributed by atoms with van der Waals surface area (Å²) in [4.78, 5) is 25.5. The maximum Gasteiger partial charge on any atom is 0.326 e. The number of benzene rings is 1. The molecule has 21 heavy (non-hydrogen) atoms. The molecule has 1 fully saturated rings. The maximum absolute atomic E-state index is 12.7. The van der Waals surface area contributed by atoms with Gasteiger partial charge >= 0.3 is 5.97 Å². The predicted octanol–water partition coefficient (Wildman–Crippen LogP) is 1.70. The highest BCUT2D eigenvalue weighted by atomic mass is 16.5. The predicted molar refractivity (Wildman–Crippen MR) is 76.1 cm³/mol. The summed E-state index contributed by atoms with van der Waals surface area (Å²) in [6.07, 6.45) is 2.91. The van der Waals surface area contributed by atoms with Gasteiger partial charge in [0.2, 0.25) is 5.91 Å². The number of aliphatic carboxylic acids is 1. The highest BCUT2D eigenvalue weighted by Crippen LogP contribution is 2.29. The Hall–Kier alpha value is -2.04. The molecule has 1 amide bonds. The van der Waals surface area contributed by atoms with Crippen molar-refractivity contribution in [1.82, 2.24) is 4.90 Å². The number of hydrogen-bond acceptors (Lipinski definition) is 3. The number of carbonyl (C=O) groups excluding carboxylic acids is 1. The number of carbonyl (C=O) groups is 2. The molecule has 0 spiro atoms. The van der Waals surface area contributed by atoms with Crippen molar-refractivity contribution in [2.45, 2.75) is 31.7 Å². The zero-order valence-corrected chi connectivity index (χ0v) is 11.8. The molecule has 5 nitrogen and oxygen atoms in total. The Bertz CT molecular complexity index is 557. The van der Waals surface area contributed by atoms with Crippen LogP contribution in [0.3, 0.4) is 0 Å². The van der Waals surface area contributed by atoms with E-state index in [0.717, 1.165) is 24.2 Å². The fourth-order valence-corrected chi connectivity index (χ4v) is 3.17. The number of fused-ring (bicyclic) bond motifs is 1. The number of piperidine rings is 1. The van der Waals surface area contributed by atoms with Gasteiger partial charge in [0.05, 0.1) is 5.92 Å². The van der Waals surface area contributed by atoms with Crippen LogP contribution in [0, 0.1) is 5.92 Å². The van der Waals surface area contributed by atoms with Crippen molar-refractivity contribution in [1.29, 1.82) is 0 Å². The molecule has 5 heteroatoms. The first-order chi connectivity index (χ1) is 10.2. The zero-order valence-electron chi connectivity index (χ0n) is 11.8. The molecule has 1 unspecified atom stereocenters. The van der Waals surface area contributed by atoms with Gasteiger partial charge in [-0.3, -0.25) is 4.79 Å². The Morgan fingerprint density at radius 1 is 1.24 bits per heavy atom. The number of para-hydroxylation sites is 1. The minimum absolute atomic E-state index is 0.0865. The molecule has 112 valence electrons. The van der Waals surface area contributed by atoms with Crippen molar-refractivity contribution in [3.8, 4) is 5.75 Å². The third kappa shape index (κ3) is 2.73. The minimum Gasteiger partial charge on any atom is -0.492 e. The van der Waals surface area contributed by atoms with E-state index in [1.54, 1.807) is 0 Å². The van der Waals surface area contributed by atoms with E-state index in [2.05, 4.69) is 0 Å². The second-order valence-electron chi connectivity index (χ2n) is 5.70. The fraction of sp³-hybridized carbons (Fsp3) is 0.500. The van der Waals surface area contributed by atoms with Crippen molar-refractivity contribution in [3.63, 3.8) is 0 Å². The molecular weight excluding hydrogens is 270 g/mol. The molecule has 1 N–H and O–H groups in total. The molecule has 2 aliphatic heterocycles. The van der Waals surface area contributed by atoms with Crippen LogP contribution in [0.2, 0.25) is 0 Å². The molecule has 2 heterocycles. The van der Waals surface area contributed by atoms with Gasteiger partial charge in [0.1, 0.15) is 18.4 Å². The third-order valence-electron chi connectivity index (χ3n) is 4.30. The third-order valence-corrected chi connectivity index (χ3v) is 4.30. The maximum atomic E-state index is 12.7. The molecular formula is C16H19NO4. The Morgan fingerprint density at radius 2 is 2.05 bits per heavy atom. The Labute approximate surface area is 123 Å². The summed E-state index contributed by atoms with van der Waals surface area (Å²) in [5.41, 5.74) is 1.02. The number of carboxylic acids is 1. The van der Waals surface area contributed by atoms with Crippen LogP contribution >= 0.6 is 0 Å². The molecule has 2 atom stereocenters. The van der Waals surface area contributed by atoms with E-state index in [9.17, 15) is 14.7 Å². The van der Waals surface area contributed by atoms with Crippen LogP contribution in [0.4, 0.5) is 0 Å². The smallest absolute Gasteiger partial charge is 0.326 e. The Balaban J connectivity index is 1.75. The summed E-state index contributed by atoms with van der Waals surface area (Å²) in [6.45, 7) is 0.868. The standard InChI is InChI=1S/C16H19NO4/c18-15(17-8-4-3-6-13(17)16(19)20)12-9-11-5-1-2-7-14(11)21-10-12/h1-2,5,7,12-13H,3-4,6,8-10H2,(H,19,20)/t12?,13-/m0/s1. The van der Waals surface area contributed by atoms with E-state index < -0.39 is 12.0 Å². The second kappa shape index (κ2) is 5.76. The van der Waals surface area contributed by atoms with Gasteiger partial charge in [0.15, 0.2) is 0 Å². The van der Waals surface area contributed by atoms with E-state index in [4.69, 9.17) is 4.74 Å². The van der Waals surface area contributed by atoms with Crippen molar-refractivity contribution in [3.05, 3.63) is 29.8 Å². The fourth-order valence-electron chi connectivity index (χ4n) is 3.17. The van der Waals surface area contributed by atoms with E-state index in [-0.39, 0.29) is 11.8 Å². The summed E-state index contributed by atoms with van der Waals surface area (Å²) in [5, 5.41) is 9.29. The molecule has 1 aromatic carbocycles. The molecule has 1 aromatic rings. The van der Waals surface area contributed by atoms with Crippen LogP contribution in [-0.4, -0.2) is 41.1 Å². The number of carboxylic acid groups (broad SMARTS) is 1. The average molecular weight is 289 g/mol. The highest BCUT2D eigenvalue weighted by Gasteiger charge is 2.37. The van der Waals surface area contributed by atoms with Crippen LogP contribution in [0.5, 0.6) is 5.75 Å². The summed E-state index contributed by atoms with van der Waals surface area (Å²) < 4.78 is 5.65. The van der Waals surface area contributed by atoms with Gasteiger partial charge in [-0.25, -0.2) is 4.79 Å². The molecule has 0 aromatic heterocycles. The molecule has 0 aliphatic carbocycles. The lowest BCUT2D eigenvalue weighted by atomic mass is 9.93. The number of ether oxygens (including phenoxy) is 1. The number of amides is 1. The lowest BCUT2D eigenvalue weighted by Gasteiger charge is -2.36. The van der Waals surface area contributed by atoms with E-state index in [0.29, 0.717) is 26.0 Å². The number of nitrogens with zero attached hydrogens (tertiary/aromatic N) is 1. The van der Waals surface area contributed by atoms with Crippen molar-refractivity contribution < 1.29 is 19.4 Å². The average Bonchev–Trinajstić information content (AvgIpc) is 2.53. The van der Waals surface area contributed by atoms with Gasteiger partial charge in [-0.1, -0.05) is 18.2 Å².